The van der Waals surface area contributed by atoms with Gasteiger partial charge in [0.05, 0.1) is 23.2 Å². The number of aliphatic carboxylic acids is 1. The summed E-state index contributed by atoms with van der Waals surface area (Å²) in [5, 5.41) is 23.4. The van der Waals surface area contributed by atoms with Gasteiger partial charge < -0.3 is 20.4 Å². The highest BCUT2D eigenvalue weighted by Gasteiger charge is 2.39. The molecule has 3 N–H and O–H groups in total. The van der Waals surface area contributed by atoms with Gasteiger partial charge in [-0.2, -0.15) is 0 Å². The van der Waals surface area contributed by atoms with Gasteiger partial charge in [-0.1, -0.05) is 12.8 Å². The third-order valence-corrected chi connectivity index (χ3v) is 6.71. The lowest BCUT2D eigenvalue weighted by Gasteiger charge is -2.40. The Morgan fingerprint density at radius 3 is 2.65 bits per heavy atom. The third kappa shape index (κ3) is 4.95. The Bertz CT molecular complexity index is 954. The number of aromatic nitrogens is 2. The monoisotopic (exact) mass is 426 g/mol. The number of carbonyl (C=O) groups is 2. The van der Waals surface area contributed by atoms with Crippen LogP contribution in [0, 0.1) is 5.41 Å². The number of carboxylic acids is 1. The molecule has 0 aromatic carbocycles. The summed E-state index contributed by atoms with van der Waals surface area (Å²) in [5.74, 6) is -1.03. The van der Waals surface area contributed by atoms with Crippen molar-refractivity contribution in [3.8, 4) is 0 Å². The molecule has 2 aromatic rings. The van der Waals surface area contributed by atoms with E-state index in [2.05, 4.69) is 20.2 Å². The lowest BCUT2D eigenvalue weighted by atomic mass is 9.79. The molecular formula is C23H30N4O4. The van der Waals surface area contributed by atoms with Crippen molar-refractivity contribution in [1.29, 1.82) is 0 Å². The SMILES string of the molecule is O=C(O)CC1(CC(=O)NC[C@]2(O)CCCN(c3ccnc4cccnc34)C2)CCCC1. The Morgan fingerprint density at radius 2 is 1.87 bits per heavy atom. The van der Waals surface area contributed by atoms with E-state index in [4.69, 9.17) is 0 Å². The van der Waals surface area contributed by atoms with Gasteiger partial charge in [0.1, 0.15) is 5.52 Å². The average molecular weight is 427 g/mol. The van der Waals surface area contributed by atoms with Crippen LogP contribution in [-0.4, -0.2) is 57.3 Å². The van der Waals surface area contributed by atoms with Gasteiger partial charge in [0.15, 0.2) is 0 Å². The first-order chi connectivity index (χ1) is 14.9. The predicted octanol–water partition coefficient (Wildman–Crippen LogP) is 2.50. The summed E-state index contributed by atoms with van der Waals surface area (Å²) >= 11 is 0. The second-order valence-corrected chi connectivity index (χ2v) is 9.18. The highest BCUT2D eigenvalue weighted by Crippen LogP contribution is 2.44. The summed E-state index contributed by atoms with van der Waals surface area (Å²) in [6, 6.07) is 5.68. The van der Waals surface area contributed by atoms with Crippen molar-refractivity contribution in [3.63, 3.8) is 0 Å². The molecule has 4 rings (SSSR count). The largest absolute Gasteiger partial charge is 0.481 e. The minimum absolute atomic E-state index is 0.0284. The van der Waals surface area contributed by atoms with Gasteiger partial charge in [-0.3, -0.25) is 19.6 Å². The Labute approximate surface area is 181 Å². The fraction of sp³-hybridized carbons (Fsp3) is 0.565. The van der Waals surface area contributed by atoms with Crippen LogP contribution in [0.1, 0.15) is 51.4 Å². The molecule has 2 fully saturated rings. The Kier molecular flexibility index (Phi) is 6.09. The van der Waals surface area contributed by atoms with Crippen molar-refractivity contribution < 1.29 is 19.8 Å². The van der Waals surface area contributed by atoms with E-state index < -0.39 is 17.0 Å². The normalized spacial score (nSPS) is 23.1. The number of hydrogen-bond acceptors (Lipinski definition) is 6. The number of nitrogens with one attached hydrogen (secondary N) is 1. The van der Waals surface area contributed by atoms with E-state index in [9.17, 15) is 19.8 Å². The number of nitrogens with zero attached hydrogens (tertiary/aromatic N) is 3. The fourth-order valence-corrected chi connectivity index (χ4v) is 5.21. The molecule has 8 nitrogen and oxygen atoms in total. The second kappa shape index (κ2) is 8.78. The summed E-state index contributed by atoms with van der Waals surface area (Å²) in [6.07, 6.45) is 8.59. The standard InChI is InChI=1S/C23H30N4O4/c28-19(13-22(14-20(29)30)7-1-2-8-22)26-15-23(31)9-4-12-27(16-23)18-6-11-24-17-5-3-10-25-21(17)18/h3,5-6,10-11,31H,1-2,4,7-9,12-16H2,(H,26,28)(H,29,30)/t23-/m1/s1. The third-order valence-electron chi connectivity index (χ3n) is 6.71. The van der Waals surface area contributed by atoms with Gasteiger partial charge in [0, 0.05) is 38.4 Å². The van der Waals surface area contributed by atoms with E-state index in [1.807, 2.05) is 18.2 Å². The van der Waals surface area contributed by atoms with Crippen LogP contribution in [0.2, 0.25) is 0 Å². The molecular weight excluding hydrogens is 396 g/mol. The number of carboxylic acid groups (broad SMARTS) is 1. The molecule has 0 unspecified atom stereocenters. The fourth-order valence-electron chi connectivity index (χ4n) is 5.21. The molecule has 3 heterocycles. The maximum absolute atomic E-state index is 12.6. The van der Waals surface area contributed by atoms with E-state index >= 15 is 0 Å². The number of rotatable bonds is 7. The molecule has 8 heteroatoms. The molecule has 1 atom stereocenters. The second-order valence-electron chi connectivity index (χ2n) is 9.18. The summed E-state index contributed by atoms with van der Waals surface area (Å²) in [7, 11) is 0. The first-order valence-electron chi connectivity index (χ1n) is 11.0. The van der Waals surface area contributed by atoms with Crippen LogP contribution < -0.4 is 10.2 Å². The minimum Gasteiger partial charge on any atom is -0.481 e. The summed E-state index contributed by atoms with van der Waals surface area (Å²) in [5.41, 5.74) is 1.05. The van der Waals surface area contributed by atoms with E-state index in [0.717, 1.165) is 55.4 Å². The van der Waals surface area contributed by atoms with Crippen LogP contribution in [0.4, 0.5) is 5.69 Å². The minimum atomic E-state index is -1.05. The molecule has 2 aromatic heterocycles. The van der Waals surface area contributed by atoms with Crippen LogP contribution in [0.15, 0.2) is 30.6 Å². The maximum Gasteiger partial charge on any atom is 0.303 e. The quantitative estimate of drug-likeness (QED) is 0.623. The number of pyridine rings is 2. The molecule has 1 saturated carbocycles. The Balaban J connectivity index is 1.40. The average Bonchev–Trinajstić information content (AvgIpc) is 3.19. The van der Waals surface area contributed by atoms with Gasteiger partial charge in [0.25, 0.3) is 0 Å². The number of fused-ring (bicyclic) bond motifs is 1. The van der Waals surface area contributed by atoms with E-state index in [0.29, 0.717) is 13.0 Å². The highest BCUT2D eigenvalue weighted by atomic mass is 16.4. The summed E-state index contributed by atoms with van der Waals surface area (Å²) in [6.45, 7) is 1.35. The van der Waals surface area contributed by atoms with Crippen molar-refractivity contribution in [2.75, 3.05) is 24.5 Å². The number of anilines is 1. The van der Waals surface area contributed by atoms with Gasteiger partial charge in [-0.15, -0.1) is 0 Å². The number of carbonyl (C=O) groups excluding carboxylic acids is 1. The first-order valence-corrected chi connectivity index (χ1v) is 11.0. The van der Waals surface area contributed by atoms with Crippen molar-refractivity contribution in [2.24, 2.45) is 5.41 Å². The number of amides is 1. The van der Waals surface area contributed by atoms with Crippen molar-refractivity contribution in [1.82, 2.24) is 15.3 Å². The predicted molar refractivity (Wildman–Crippen MR) is 117 cm³/mol. The smallest absolute Gasteiger partial charge is 0.303 e. The highest BCUT2D eigenvalue weighted by molar-refractivity contribution is 5.87. The van der Waals surface area contributed by atoms with Gasteiger partial charge >= 0.3 is 5.97 Å². The lowest BCUT2D eigenvalue weighted by Crippen LogP contribution is -2.54. The number of hydrogen-bond donors (Lipinski definition) is 3. The van der Waals surface area contributed by atoms with Crippen LogP contribution in [-0.2, 0) is 9.59 Å². The molecule has 31 heavy (non-hydrogen) atoms. The van der Waals surface area contributed by atoms with Gasteiger partial charge in [-0.05, 0) is 49.3 Å². The zero-order valence-corrected chi connectivity index (χ0v) is 17.7. The van der Waals surface area contributed by atoms with E-state index in [1.54, 1.807) is 12.4 Å². The molecule has 166 valence electrons. The molecule has 1 aliphatic heterocycles. The number of piperidine rings is 1. The number of aliphatic hydroxyl groups is 1. The summed E-state index contributed by atoms with van der Waals surface area (Å²) < 4.78 is 0. The zero-order chi connectivity index (χ0) is 21.9. The van der Waals surface area contributed by atoms with Crippen molar-refractivity contribution >= 4 is 28.6 Å². The maximum atomic E-state index is 12.6. The van der Waals surface area contributed by atoms with Gasteiger partial charge in [-0.25, -0.2) is 0 Å². The first kappa shape index (κ1) is 21.5. The van der Waals surface area contributed by atoms with Crippen LogP contribution in [0.25, 0.3) is 11.0 Å². The zero-order valence-electron chi connectivity index (χ0n) is 17.7. The Morgan fingerprint density at radius 1 is 1.06 bits per heavy atom. The molecule has 0 radical (unpaired) electrons. The molecule has 1 aliphatic carbocycles. The van der Waals surface area contributed by atoms with Crippen molar-refractivity contribution in [3.05, 3.63) is 30.6 Å². The molecule has 0 bridgehead atoms. The topological polar surface area (TPSA) is 116 Å². The van der Waals surface area contributed by atoms with Crippen LogP contribution in [0.5, 0.6) is 0 Å². The molecule has 2 aliphatic rings. The summed E-state index contributed by atoms with van der Waals surface area (Å²) in [4.78, 5) is 34.9. The van der Waals surface area contributed by atoms with Gasteiger partial charge in [0.2, 0.25) is 5.91 Å². The van der Waals surface area contributed by atoms with E-state index in [-0.39, 0.29) is 25.3 Å². The molecule has 0 spiro atoms. The number of β-amino-alcohol motifs (C(OH)–C–C–N with tert-alkyl or cyclic N) is 1. The molecule has 1 amide bonds. The Hall–Kier alpha value is -2.74. The van der Waals surface area contributed by atoms with Crippen molar-refractivity contribution in [2.45, 2.75) is 57.0 Å². The van der Waals surface area contributed by atoms with Crippen LogP contribution >= 0.6 is 0 Å². The van der Waals surface area contributed by atoms with E-state index in [1.165, 1.54) is 0 Å². The molecule has 1 saturated heterocycles. The lowest BCUT2D eigenvalue weighted by molar-refractivity contribution is -0.140. The van der Waals surface area contributed by atoms with Crippen LogP contribution in [0.3, 0.4) is 0 Å².